The molecule has 0 amide bonds. The number of esters is 1. The highest BCUT2D eigenvalue weighted by molar-refractivity contribution is 7.99. The standard InChI is InChI=1S/C22H15Cl2N3O2S/c1-29-22(28)20(26-27-25)12-14-7-10-21(17(11-14)15-5-3-2-4-6-15)30-16-8-9-18(23)19(24)13-16/h2-13H,1H3/b20-12-. The van der Waals surface area contributed by atoms with E-state index in [1.807, 2.05) is 60.7 Å². The summed E-state index contributed by atoms with van der Waals surface area (Å²) in [6.07, 6.45) is 1.49. The van der Waals surface area contributed by atoms with Crippen molar-refractivity contribution in [2.75, 3.05) is 7.11 Å². The van der Waals surface area contributed by atoms with Crippen LogP contribution in [0.3, 0.4) is 0 Å². The lowest BCUT2D eigenvalue weighted by Crippen LogP contribution is -2.01. The molecule has 0 aliphatic heterocycles. The van der Waals surface area contributed by atoms with Gasteiger partial charge < -0.3 is 4.74 Å². The van der Waals surface area contributed by atoms with Crippen LogP contribution in [-0.2, 0) is 9.53 Å². The number of hydrogen-bond acceptors (Lipinski definition) is 4. The minimum atomic E-state index is -0.705. The van der Waals surface area contributed by atoms with Crippen molar-refractivity contribution < 1.29 is 9.53 Å². The summed E-state index contributed by atoms with van der Waals surface area (Å²) in [5, 5.41) is 4.42. The fraction of sp³-hybridized carbons (Fsp3) is 0.0455. The Balaban J connectivity index is 2.08. The van der Waals surface area contributed by atoms with Crippen molar-refractivity contribution >= 4 is 47.0 Å². The Bertz CT molecular complexity index is 1160. The SMILES string of the molecule is COC(=O)/C(=C/c1ccc(Sc2ccc(Cl)c(Cl)c2)c(-c2ccccc2)c1)N=[N+]=[N-]. The maximum Gasteiger partial charge on any atom is 0.340 e. The molecular weight excluding hydrogens is 441 g/mol. The molecule has 3 rings (SSSR count). The molecule has 150 valence electrons. The summed E-state index contributed by atoms with van der Waals surface area (Å²) in [5.41, 5.74) is 11.2. The smallest absolute Gasteiger partial charge is 0.340 e. The van der Waals surface area contributed by atoms with Gasteiger partial charge in [-0.1, -0.05) is 76.5 Å². The molecule has 0 spiro atoms. The van der Waals surface area contributed by atoms with Gasteiger partial charge in [-0.3, -0.25) is 0 Å². The van der Waals surface area contributed by atoms with Crippen LogP contribution in [0.4, 0.5) is 0 Å². The molecule has 0 fully saturated rings. The van der Waals surface area contributed by atoms with Crippen molar-refractivity contribution in [2.24, 2.45) is 5.11 Å². The van der Waals surface area contributed by atoms with Crippen LogP contribution < -0.4 is 0 Å². The zero-order valence-corrected chi connectivity index (χ0v) is 18.1. The molecule has 3 aromatic rings. The average Bonchev–Trinajstić information content (AvgIpc) is 2.77. The maximum absolute atomic E-state index is 11.8. The van der Waals surface area contributed by atoms with E-state index in [4.69, 9.17) is 28.7 Å². The number of carbonyl (C=O) groups is 1. The molecule has 0 N–H and O–H groups in total. The van der Waals surface area contributed by atoms with E-state index in [-0.39, 0.29) is 5.70 Å². The monoisotopic (exact) mass is 455 g/mol. The number of rotatable bonds is 6. The lowest BCUT2D eigenvalue weighted by Gasteiger charge is -2.12. The molecule has 0 aromatic heterocycles. The van der Waals surface area contributed by atoms with Crippen LogP contribution in [0.1, 0.15) is 5.56 Å². The van der Waals surface area contributed by atoms with E-state index >= 15 is 0 Å². The molecular formula is C22H15Cl2N3O2S. The van der Waals surface area contributed by atoms with Crippen LogP contribution in [0.2, 0.25) is 10.0 Å². The Morgan fingerprint density at radius 3 is 2.50 bits per heavy atom. The number of hydrogen-bond donors (Lipinski definition) is 0. The molecule has 0 heterocycles. The molecule has 0 unspecified atom stereocenters. The van der Waals surface area contributed by atoms with Crippen molar-refractivity contribution in [2.45, 2.75) is 9.79 Å². The molecule has 0 atom stereocenters. The third-order valence-corrected chi connectivity index (χ3v) is 5.86. The first kappa shape index (κ1) is 21.8. The second-order valence-corrected chi connectivity index (χ2v) is 7.94. The topological polar surface area (TPSA) is 75.1 Å². The summed E-state index contributed by atoms with van der Waals surface area (Å²) >= 11 is 13.7. The Kier molecular flexibility index (Phi) is 7.44. The summed E-state index contributed by atoms with van der Waals surface area (Å²) in [7, 11) is 1.23. The predicted molar refractivity (Wildman–Crippen MR) is 122 cm³/mol. The number of carbonyl (C=O) groups excluding carboxylic acids is 1. The molecule has 5 nitrogen and oxygen atoms in total. The molecule has 0 radical (unpaired) electrons. The second kappa shape index (κ2) is 10.2. The van der Waals surface area contributed by atoms with Crippen molar-refractivity contribution in [3.8, 4) is 11.1 Å². The van der Waals surface area contributed by atoms with Gasteiger partial charge in [0.1, 0.15) is 5.70 Å². The van der Waals surface area contributed by atoms with Crippen LogP contribution in [0.5, 0.6) is 0 Å². The highest BCUT2D eigenvalue weighted by Gasteiger charge is 2.12. The van der Waals surface area contributed by atoms with Crippen LogP contribution in [0, 0.1) is 0 Å². The van der Waals surface area contributed by atoms with Crippen molar-refractivity contribution in [1.82, 2.24) is 0 Å². The normalized spacial score (nSPS) is 11.0. The van der Waals surface area contributed by atoms with Gasteiger partial charge in [0.15, 0.2) is 0 Å². The van der Waals surface area contributed by atoms with E-state index in [2.05, 4.69) is 14.8 Å². The lowest BCUT2D eigenvalue weighted by atomic mass is 10.0. The molecule has 0 saturated carbocycles. The number of methoxy groups -OCH3 is 1. The molecule has 0 saturated heterocycles. The minimum Gasteiger partial charge on any atom is -0.466 e. The van der Waals surface area contributed by atoms with Gasteiger partial charge in [-0.05, 0) is 58.6 Å². The third kappa shape index (κ3) is 5.38. The average molecular weight is 456 g/mol. The van der Waals surface area contributed by atoms with E-state index < -0.39 is 5.97 Å². The summed E-state index contributed by atoms with van der Waals surface area (Å²) in [6.45, 7) is 0. The number of nitrogens with zero attached hydrogens (tertiary/aromatic N) is 3. The summed E-state index contributed by atoms with van der Waals surface area (Å²) < 4.78 is 4.68. The number of halogens is 2. The van der Waals surface area contributed by atoms with Gasteiger partial charge >= 0.3 is 5.97 Å². The zero-order valence-electron chi connectivity index (χ0n) is 15.8. The summed E-state index contributed by atoms with van der Waals surface area (Å²) in [6, 6.07) is 21.0. The maximum atomic E-state index is 11.8. The first-order valence-corrected chi connectivity index (χ1v) is 10.3. The molecule has 0 aliphatic carbocycles. The van der Waals surface area contributed by atoms with Crippen LogP contribution in [0.15, 0.2) is 87.3 Å². The van der Waals surface area contributed by atoms with Gasteiger partial charge in [0.25, 0.3) is 0 Å². The van der Waals surface area contributed by atoms with Gasteiger partial charge in [-0.2, -0.15) is 0 Å². The second-order valence-electron chi connectivity index (χ2n) is 6.01. The molecule has 30 heavy (non-hydrogen) atoms. The van der Waals surface area contributed by atoms with E-state index in [0.29, 0.717) is 15.6 Å². The Morgan fingerprint density at radius 2 is 1.83 bits per heavy atom. The van der Waals surface area contributed by atoms with Crippen molar-refractivity contribution in [3.05, 3.63) is 98.5 Å². The third-order valence-electron chi connectivity index (χ3n) is 4.06. The highest BCUT2D eigenvalue weighted by Crippen LogP contribution is 2.38. The molecule has 0 aliphatic rings. The van der Waals surface area contributed by atoms with Gasteiger partial charge in [0.05, 0.1) is 17.2 Å². The largest absolute Gasteiger partial charge is 0.466 e. The van der Waals surface area contributed by atoms with Gasteiger partial charge in [-0.15, -0.1) is 0 Å². The fourth-order valence-corrected chi connectivity index (χ4v) is 4.03. The van der Waals surface area contributed by atoms with E-state index in [0.717, 1.165) is 20.9 Å². The lowest BCUT2D eigenvalue weighted by molar-refractivity contribution is -0.136. The molecule has 0 bridgehead atoms. The van der Waals surface area contributed by atoms with Crippen LogP contribution in [0.25, 0.3) is 27.6 Å². The molecule has 8 heteroatoms. The predicted octanol–water partition coefficient (Wildman–Crippen LogP) is 7.64. The van der Waals surface area contributed by atoms with Crippen molar-refractivity contribution in [1.29, 1.82) is 0 Å². The Hall–Kier alpha value is -2.89. The van der Waals surface area contributed by atoms with Crippen molar-refractivity contribution in [3.63, 3.8) is 0 Å². The van der Waals surface area contributed by atoms with Gasteiger partial charge in [0, 0.05) is 14.7 Å². The minimum absolute atomic E-state index is 0.121. The van der Waals surface area contributed by atoms with Crippen LogP contribution in [-0.4, -0.2) is 13.1 Å². The first-order valence-electron chi connectivity index (χ1n) is 8.69. The zero-order chi connectivity index (χ0) is 21.5. The fourth-order valence-electron chi connectivity index (χ4n) is 2.68. The Morgan fingerprint density at radius 1 is 1.07 bits per heavy atom. The first-order chi connectivity index (χ1) is 14.5. The highest BCUT2D eigenvalue weighted by atomic mass is 35.5. The molecule has 3 aromatic carbocycles. The van der Waals surface area contributed by atoms with Crippen LogP contribution >= 0.6 is 35.0 Å². The summed E-state index contributed by atoms with van der Waals surface area (Å²) in [4.78, 5) is 16.5. The Labute approximate surface area is 187 Å². The quantitative estimate of drug-likeness (QED) is 0.126. The van der Waals surface area contributed by atoms with Gasteiger partial charge in [-0.25, -0.2) is 4.79 Å². The van der Waals surface area contributed by atoms with Gasteiger partial charge in [0.2, 0.25) is 0 Å². The van der Waals surface area contributed by atoms with E-state index in [1.165, 1.54) is 13.2 Å². The number of benzene rings is 3. The van der Waals surface area contributed by atoms with E-state index in [9.17, 15) is 4.79 Å². The van der Waals surface area contributed by atoms with E-state index in [1.54, 1.807) is 17.8 Å². The summed E-state index contributed by atoms with van der Waals surface area (Å²) in [5.74, 6) is -0.705. The number of ether oxygens (including phenoxy) is 1. The number of azide groups is 1.